The standard InChI is InChI=1S/C27H40NO6PS/c1-6-10-16-27(7-2)20-36(30,31)25-17-22(19-35(29,33-8-3)34-9-4)24(32-5)18-23(25)26(28-27)21-14-12-11-13-15-21/h11-15,17-18,26,28H,6-10,16,19-20H2,1-5H3/t26-,27+/m0/s1. The second-order valence-electron chi connectivity index (χ2n) is 9.29. The van der Waals surface area contributed by atoms with Gasteiger partial charge in [0.05, 0.1) is 43.2 Å². The average Bonchev–Trinajstić information content (AvgIpc) is 2.95. The number of sulfone groups is 1. The van der Waals surface area contributed by atoms with E-state index in [1.165, 1.54) is 7.11 Å². The van der Waals surface area contributed by atoms with Gasteiger partial charge in [0.25, 0.3) is 0 Å². The molecule has 1 aliphatic rings. The summed E-state index contributed by atoms with van der Waals surface area (Å²) in [6, 6.07) is 13.0. The number of unbranched alkanes of at least 4 members (excludes halogenated alkanes) is 1. The third kappa shape index (κ3) is 6.40. The molecule has 3 rings (SSSR count). The number of fused-ring (bicyclic) bond motifs is 1. The van der Waals surface area contributed by atoms with Crippen LogP contribution in [0.25, 0.3) is 0 Å². The molecule has 0 aliphatic carbocycles. The minimum Gasteiger partial charge on any atom is -0.496 e. The van der Waals surface area contributed by atoms with Gasteiger partial charge < -0.3 is 13.8 Å². The quantitative estimate of drug-likeness (QED) is 0.319. The van der Waals surface area contributed by atoms with Crippen molar-refractivity contribution in [3.8, 4) is 5.75 Å². The van der Waals surface area contributed by atoms with Crippen LogP contribution in [-0.4, -0.2) is 40.0 Å². The van der Waals surface area contributed by atoms with E-state index >= 15 is 0 Å². The lowest BCUT2D eigenvalue weighted by Crippen LogP contribution is -2.50. The molecule has 200 valence electrons. The maximum atomic E-state index is 14.0. The number of hydrogen-bond acceptors (Lipinski definition) is 7. The molecule has 2 aromatic rings. The maximum absolute atomic E-state index is 14.0. The summed E-state index contributed by atoms with van der Waals surface area (Å²) in [5, 5.41) is 3.76. The van der Waals surface area contributed by atoms with E-state index < -0.39 is 23.0 Å². The van der Waals surface area contributed by atoms with Crippen LogP contribution in [0, 0.1) is 0 Å². The van der Waals surface area contributed by atoms with Crippen molar-refractivity contribution >= 4 is 17.4 Å². The summed E-state index contributed by atoms with van der Waals surface area (Å²) < 4.78 is 58.0. The molecule has 7 nitrogen and oxygen atoms in total. The van der Waals surface area contributed by atoms with Crippen LogP contribution < -0.4 is 10.1 Å². The van der Waals surface area contributed by atoms with Gasteiger partial charge in [-0.25, -0.2) is 8.42 Å². The number of nitrogens with one attached hydrogen (secondary N) is 1. The van der Waals surface area contributed by atoms with E-state index in [0.29, 0.717) is 23.3 Å². The highest BCUT2D eigenvalue weighted by Gasteiger charge is 2.42. The molecule has 1 N–H and O–H groups in total. The molecule has 0 saturated carbocycles. The lowest BCUT2D eigenvalue weighted by molar-refractivity contribution is 0.219. The highest BCUT2D eigenvalue weighted by molar-refractivity contribution is 7.91. The minimum absolute atomic E-state index is 0.00676. The first-order valence-electron chi connectivity index (χ1n) is 12.8. The first-order valence-corrected chi connectivity index (χ1v) is 16.2. The van der Waals surface area contributed by atoms with E-state index in [-0.39, 0.29) is 36.1 Å². The predicted octanol–water partition coefficient (Wildman–Crippen LogP) is 6.27. The fourth-order valence-corrected chi connectivity index (χ4v) is 8.85. The summed E-state index contributed by atoms with van der Waals surface area (Å²) in [5.41, 5.74) is 1.54. The molecule has 0 unspecified atom stereocenters. The second kappa shape index (κ2) is 12.2. The number of ether oxygens (including phenoxy) is 1. The van der Waals surface area contributed by atoms with Gasteiger partial charge in [0.2, 0.25) is 0 Å². The Bertz CT molecular complexity index is 1160. The molecule has 0 spiro atoms. The Labute approximate surface area is 216 Å². The Balaban J connectivity index is 2.24. The predicted molar refractivity (Wildman–Crippen MR) is 144 cm³/mol. The van der Waals surface area contributed by atoms with Crippen LogP contribution in [0.1, 0.15) is 76.1 Å². The van der Waals surface area contributed by atoms with Crippen LogP contribution in [-0.2, 0) is 29.6 Å². The van der Waals surface area contributed by atoms with E-state index in [1.807, 2.05) is 37.3 Å². The van der Waals surface area contributed by atoms with Crippen LogP contribution in [0.2, 0.25) is 0 Å². The molecule has 0 aromatic heterocycles. The fourth-order valence-electron chi connectivity index (χ4n) is 4.97. The van der Waals surface area contributed by atoms with Crippen molar-refractivity contribution in [1.29, 1.82) is 0 Å². The molecule has 2 atom stereocenters. The van der Waals surface area contributed by atoms with Crippen molar-refractivity contribution in [2.24, 2.45) is 0 Å². The van der Waals surface area contributed by atoms with Gasteiger partial charge in [-0.05, 0) is 49.9 Å². The summed E-state index contributed by atoms with van der Waals surface area (Å²) in [5.74, 6) is 0.455. The Kier molecular flexibility index (Phi) is 9.81. The van der Waals surface area contributed by atoms with Crippen molar-refractivity contribution in [3.63, 3.8) is 0 Å². The topological polar surface area (TPSA) is 90.9 Å². The van der Waals surface area contributed by atoms with Gasteiger partial charge in [-0.3, -0.25) is 9.88 Å². The molecular weight excluding hydrogens is 497 g/mol. The Morgan fingerprint density at radius 2 is 1.72 bits per heavy atom. The minimum atomic E-state index is -3.69. The van der Waals surface area contributed by atoms with Crippen molar-refractivity contribution in [2.45, 2.75) is 76.0 Å². The van der Waals surface area contributed by atoms with Crippen LogP contribution in [0.4, 0.5) is 0 Å². The SMILES string of the molecule is CCCC[C@]1(CC)CS(=O)(=O)c2cc(CP(=O)(OCC)OCC)c(OC)cc2[C@H](c2ccccc2)N1. The van der Waals surface area contributed by atoms with Crippen LogP contribution in [0.3, 0.4) is 0 Å². The molecule has 9 heteroatoms. The molecule has 0 saturated heterocycles. The zero-order chi connectivity index (χ0) is 26.4. The molecular formula is C27H40NO6PS. The van der Waals surface area contributed by atoms with E-state index in [9.17, 15) is 13.0 Å². The Hall–Kier alpha value is -1.70. The normalized spacial score (nSPS) is 21.5. The fraction of sp³-hybridized carbons (Fsp3) is 0.556. The van der Waals surface area contributed by atoms with Gasteiger partial charge in [-0.15, -0.1) is 0 Å². The first kappa shape index (κ1) is 28.9. The monoisotopic (exact) mass is 537 g/mol. The van der Waals surface area contributed by atoms with Gasteiger partial charge >= 0.3 is 7.60 Å². The zero-order valence-electron chi connectivity index (χ0n) is 22.1. The summed E-state index contributed by atoms with van der Waals surface area (Å²) in [6.07, 6.45) is 3.27. The van der Waals surface area contributed by atoms with Crippen molar-refractivity contribution in [3.05, 3.63) is 59.2 Å². The molecule has 0 fully saturated rings. The summed E-state index contributed by atoms with van der Waals surface area (Å²) in [7, 11) is -5.63. The van der Waals surface area contributed by atoms with Crippen molar-refractivity contribution < 1.29 is 26.8 Å². The first-order chi connectivity index (χ1) is 17.2. The van der Waals surface area contributed by atoms with E-state index in [2.05, 4.69) is 12.2 Å². The van der Waals surface area contributed by atoms with Gasteiger partial charge in [-0.1, -0.05) is 57.0 Å². The lowest BCUT2D eigenvalue weighted by atomic mass is 9.88. The smallest absolute Gasteiger partial charge is 0.335 e. The van der Waals surface area contributed by atoms with Crippen molar-refractivity contribution in [2.75, 3.05) is 26.1 Å². The second-order valence-corrected chi connectivity index (χ2v) is 13.3. The summed E-state index contributed by atoms with van der Waals surface area (Å²) in [6.45, 7) is 8.10. The lowest BCUT2D eigenvalue weighted by Gasteiger charge is -2.36. The summed E-state index contributed by atoms with van der Waals surface area (Å²) >= 11 is 0. The molecule has 2 aromatic carbocycles. The molecule has 0 bridgehead atoms. The Morgan fingerprint density at radius 1 is 1.06 bits per heavy atom. The molecule has 1 aliphatic heterocycles. The molecule has 0 radical (unpaired) electrons. The largest absolute Gasteiger partial charge is 0.496 e. The highest BCUT2D eigenvalue weighted by Crippen LogP contribution is 2.53. The van der Waals surface area contributed by atoms with Crippen LogP contribution in [0.5, 0.6) is 5.75 Å². The number of methoxy groups -OCH3 is 1. The van der Waals surface area contributed by atoms with Crippen molar-refractivity contribution in [1.82, 2.24) is 5.32 Å². The molecule has 0 amide bonds. The average molecular weight is 538 g/mol. The highest BCUT2D eigenvalue weighted by atomic mass is 32.2. The van der Waals surface area contributed by atoms with E-state index in [0.717, 1.165) is 24.8 Å². The summed E-state index contributed by atoms with van der Waals surface area (Å²) in [4.78, 5) is 0.242. The van der Waals surface area contributed by atoms with Gasteiger partial charge in [0.1, 0.15) is 5.75 Å². The van der Waals surface area contributed by atoms with Gasteiger partial charge in [0, 0.05) is 11.1 Å². The van der Waals surface area contributed by atoms with Gasteiger partial charge in [-0.2, -0.15) is 0 Å². The third-order valence-electron chi connectivity index (χ3n) is 6.81. The zero-order valence-corrected chi connectivity index (χ0v) is 23.8. The van der Waals surface area contributed by atoms with Gasteiger partial charge in [0.15, 0.2) is 9.84 Å². The van der Waals surface area contributed by atoms with E-state index in [4.69, 9.17) is 13.8 Å². The number of rotatable bonds is 12. The third-order valence-corrected chi connectivity index (χ3v) is 10.8. The Morgan fingerprint density at radius 3 is 2.28 bits per heavy atom. The van der Waals surface area contributed by atoms with E-state index in [1.54, 1.807) is 26.0 Å². The molecule has 36 heavy (non-hydrogen) atoms. The maximum Gasteiger partial charge on any atom is 0.335 e. The number of benzene rings is 2. The van der Waals surface area contributed by atoms with Crippen LogP contribution >= 0.6 is 7.60 Å². The number of hydrogen-bond donors (Lipinski definition) is 1. The molecule has 1 heterocycles. The van der Waals surface area contributed by atoms with Crippen LogP contribution in [0.15, 0.2) is 47.4 Å².